The van der Waals surface area contributed by atoms with Gasteiger partial charge < -0.3 is 5.32 Å². The monoisotopic (exact) mass is 390 g/mol. The van der Waals surface area contributed by atoms with Crippen molar-refractivity contribution in [1.29, 1.82) is 0 Å². The quantitative estimate of drug-likeness (QED) is 0.717. The van der Waals surface area contributed by atoms with E-state index in [2.05, 4.69) is 5.32 Å². The molecule has 0 saturated carbocycles. The lowest BCUT2D eigenvalue weighted by atomic mass is 10.3. The molecule has 1 N–H and O–H groups in total. The number of amides is 1. The summed E-state index contributed by atoms with van der Waals surface area (Å²) in [6.45, 7) is 0. The molecule has 5 nitrogen and oxygen atoms in total. The van der Waals surface area contributed by atoms with Crippen molar-refractivity contribution in [3.05, 3.63) is 76.7 Å². The Kier molecular flexibility index (Phi) is 5.06. The van der Waals surface area contributed by atoms with Crippen LogP contribution in [-0.4, -0.2) is 21.4 Å². The fourth-order valence-electron chi connectivity index (χ4n) is 2.23. The Hall–Kier alpha value is -2.71. The molecule has 1 heterocycles. The Morgan fingerprint density at radius 3 is 2.38 bits per heavy atom. The van der Waals surface area contributed by atoms with Gasteiger partial charge in [0.1, 0.15) is 5.82 Å². The van der Waals surface area contributed by atoms with Crippen LogP contribution in [0.25, 0.3) is 0 Å². The zero-order valence-electron chi connectivity index (χ0n) is 13.7. The number of para-hydroxylation sites is 1. The molecule has 3 aromatic rings. The summed E-state index contributed by atoms with van der Waals surface area (Å²) in [7, 11) is -2.31. The molecule has 0 unspecified atom stereocenters. The van der Waals surface area contributed by atoms with Crippen LogP contribution in [-0.2, 0) is 10.0 Å². The van der Waals surface area contributed by atoms with Gasteiger partial charge in [-0.2, -0.15) is 0 Å². The number of nitrogens with one attached hydrogen (secondary N) is 1. The van der Waals surface area contributed by atoms with E-state index in [1.54, 1.807) is 30.3 Å². The van der Waals surface area contributed by atoms with Crippen molar-refractivity contribution < 1.29 is 17.6 Å². The Balaban J connectivity index is 1.80. The number of halogens is 1. The summed E-state index contributed by atoms with van der Waals surface area (Å²) in [5.41, 5.74) is 0.951. The molecule has 1 aromatic heterocycles. The molecule has 0 saturated heterocycles. The summed E-state index contributed by atoms with van der Waals surface area (Å²) in [4.78, 5) is 12.6. The van der Waals surface area contributed by atoms with Crippen LogP contribution in [0.2, 0.25) is 0 Å². The van der Waals surface area contributed by atoms with Crippen molar-refractivity contribution in [2.75, 3.05) is 16.7 Å². The topological polar surface area (TPSA) is 66.5 Å². The van der Waals surface area contributed by atoms with Crippen molar-refractivity contribution in [1.82, 2.24) is 0 Å². The van der Waals surface area contributed by atoms with Gasteiger partial charge in [-0.1, -0.05) is 18.2 Å². The minimum atomic E-state index is -3.77. The molecular formula is C18H15FN2O3S2. The summed E-state index contributed by atoms with van der Waals surface area (Å²) in [6.07, 6.45) is 0. The second-order valence-electron chi connectivity index (χ2n) is 5.42. The molecule has 1 amide bonds. The van der Waals surface area contributed by atoms with Gasteiger partial charge in [0.2, 0.25) is 0 Å². The lowest BCUT2D eigenvalue weighted by molar-refractivity contribution is 0.103. The van der Waals surface area contributed by atoms with Crippen molar-refractivity contribution in [3.8, 4) is 0 Å². The number of hydrogen-bond donors (Lipinski definition) is 1. The Morgan fingerprint density at radius 2 is 1.73 bits per heavy atom. The molecule has 0 bridgehead atoms. The van der Waals surface area contributed by atoms with E-state index in [0.29, 0.717) is 11.4 Å². The van der Waals surface area contributed by atoms with Gasteiger partial charge in [0, 0.05) is 18.1 Å². The third kappa shape index (κ3) is 3.76. The van der Waals surface area contributed by atoms with Crippen LogP contribution < -0.4 is 9.62 Å². The number of sulfonamides is 1. The first-order valence-electron chi connectivity index (χ1n) is 7.57. The number of nitrogens with zero attached hydrogens (tertiary/aromatic N) is 1. The predicted octanol–water partition coefficient (Wildman–Crippen LogP) is 3.96. The largest absolute Gasteiger partial charge is 0.321 e. The van der Waals surface area contributed by atoms with Crippen LogP contribution >= 0.6 is 11.3 Å². The van der Waals surface area contributed by atoms with Crippen molar-refractivity contribution in [2.45, 2.75) is 4.90 Å². The first-order chi connectivity index (χ1) is 12.4. The number of carbonyl (C=O) groups excluding carboxylic acids is 1. The summed E-state index contributed by atoms with van der Waals surface area (Å²) in [6, 6.07) is 15.3. The fraction of sp³-hybridized carbons (Fsp3) is 0.0556. The minimum Gasteiger partial charge on any atom is -0.321 e. The lowest BCUT2D eigenvalue weighted by Crippen LogP contribution is -2.26. The molecule has 134 valence electrons. The average molecular weight is 390 g/mol. The van der Waals surface area contributed by atoms with Gasteiger partial charge in [0.05, 0.1) is 15.5 Å². The Morgan fingerprint density at radius 1 is 1.08 bits per heavy atom. The van der Waals surface area contributed by atoms with E-state index in [1.807, 2.05) is 0 Å². The summed E-state index contributed by atoms with van der Waals surface area (Å²) >= 11 is 1.03. The molecule has 2 aromatic carbocycles. The van der Waals surface area contributed by atoms with Gasteiger partial charge in [-0.05, 0) is 42.5 Å². The molecule has 0 fully saturated rings. The van der Waals surface area contributed by atoms with E-state index in [-0.39, 0.29) is 9.77 Å². The molecule has 3 rings (SSSR count). The maximum absolute atomic E-state index is 12.9. The fourth-order valence-corrected chi connectivity index (χ4v) is 4.59. The standard InChI is InChI=1S/C18H15FN2O3S2/c1-21(15-5-3-2-4-6-15)26(23,24)16-11-17(25-12-16)18(22)20-14-9-7-13(19)8-10-14/h2-12H,1H3,(H,20,22). The first kappa shape index (κ1) is 18.1. The van der Waals surface area contributed by atoms with Gasteiger partial charge in [-0.25, -0.2) is 12.8 Å². The SMILES string of the molecule is CN(c1ccccc1)S(=O)(=O)c1csc(C(=O)Nc2ccc(F)cc2)c1. The third-order valence-corrected chi connectivity index (χ3v) is 6.52. The van der Waals surface area contributed by atoms with E-state index >= 15 is 0 Å². The molecular weight excluding hydrogens is 375 g/mol. The zero-order valence-corrected chi connectivity index (χ0v) is 15.4. The second kappa shape index (κ2) is 7.27. The molecule has 0 spiro atoms. The van der Waals surface area contributed by atoms with Gasteiger partial charge in [-0.15, -0.1) is 11.3 Å². The smallest absolute Gasteiger partial charge is 0.265 e. The number of anilines is 2. The highest BCUT2D eigenvalue weighted by Crippen LogP contribution is 2.26. The van der Waals surface area contributed by atoms with E-state index in [9.17, 15) is 17.6 Å². The normalized spacial score (nSPS) is 11.2. The number of hydrogen-bond acceptors (Lipinski definition) is 4. The number of benzene rings is 2. The highest BCUT2D eigenvalue weighted by Gasteiger charge is 2.24. The van der Waals surface area contributed by atoms with Crippen LogP contribution in [0.4, 0.5) is 15.8 Å². The van der Waals surface area contributed by atoms with Crippen LogP contribution in [0.5, 0.6) is 0 Å². The highest BCUT2D eigenvalue weighted by atomic mass is 32.2. The first-order valence-corrected chi connectivity index (χ1v) is 9.89. The van der Waals surface area contributed by atoms with Crippen LogP contribution in [0, 0.1) is 5.82 Å². The van der Waals surface area contributed by atoms with Crippen molar-refractivity contribution in [2.24, 2.45) is 0 Å². The van der Waals surface area contributed by atoms with E-state index < -0.39 is 21.7 Å². The summed E-state index contributed by atoms with van der Waals surface area (Å²) < 4.78 is 39.5. The van der Waals surface area contributed by atoms with Crippen LogP contribution in [0.1, 0.15) is 9.67 Å². The number of carbonyl (C=O) groups is 1. The zero-order chi connectivity index (χ0) is 18.7. The molecule has 0 radical (unpaired) electrons. The van der Waals surface area contributed by atoms with E-state index in [1.165, 1.54) is 42.8 Å². The van der Waals surface area contributed by atoms with Crippen LogP contribution in [0.15, 0.2) is 70.9 Å². The molecule has 0 atom stereocenters. The number of rotatable bonds is 5. The minimum absolute atomic E-state index is 0.0399. The maximum atomic E-state index is 12.9. The van der Waals surface area contributed by atoms with Crippen LogP contribution in [0.3, 0.4) is 0 Å². The molecule has 0 aliphatic rings. The van der Waals surface area contributed by atoms with Gasteiger partial charge >= 0.3 is 0 Å². The maximum Gasteiger partial charge on any atom is 0.265 e. The highest BCUT2D eigenvalue weighted by molar-refractivity contribution is 7.93. The van der Waals surface area contributed by atoms with Crippen molar-refractivity contribution >= 4 is 38.6 Å². The van der Waals surface area contributed by atoms with Gasteiger partial charge in [0.15, 0.2) is 0 Å². The van der Waals surface area contributed by atoms with Gasteiger partial charge in [0.25, 0.3) is 15.9 Å². The summed E-state index contributed by atoms with van der Waals surface area (Å²) in [5.74, 6) is -0.859. The summed E-state index contributed by atoms with van der Waals surface area (Å²) in [5, 5.41) is 4.03. The predicted molar refractivity (Wildman–Crippen MR) is 101 cm³/mol. The third-order valence-electron chi connectivity index (χ3n) is 3.68. The average Bonchev–Trinajstić information content (AvgIpc) is 3.15. The number of thiophene rings is 1. The van der Waals surface area contributed by atoms with E-state index in [0.717, 1.165) is 15.6 Å². The Bertz CT molecular complexity index is 1020. The molecule has 26 heavy (non-hydrogen) atoms. The Labute approximate surface area is 154 Å². The lowest BCUT2D eigenvalue weighted by Gasteiger charge is -2.18. The molecule has 0 aliphatic carbocycles. The van der Waals surface area contributed by atoms with Crippen molar-refractivity contribution in [3.63, 3.8) is 0 Å². The molecule has 0 aliphatic heterocycles. The molecule has 8 heteroatoms. The van der Waals surface area contributed by atoms with Gasteiger partial charge in [-0.3, -0.25) is 9.10 Å². The second-order valence-corrected chi connectivity index (χ2v) is 8.30. The van der Waals surface area contributed by atoms with E-state index in [4.69, 9.17) is 0 Å².